The molecule has 1 aromatic carbocycles. The summed E-state index contributed by atoms with van der Waals surface area (Å²) < 4.78 is 16.7. The van der Waals surface area contributed by atoms with E-state index in [0.29, 0.717) is 38.3 Å². The quantitative estimate of drug-likeness (QED) is 0.785. The number of nitrogens with one attached hydrogen (secondary N) is 1. The average molecular weight is 388 g/mol. The highest BCUT2D eigenvalue weighted by molar-refractivity contribution is 5.89. The fraction of sp³-hybridized carbons (Fsp3) is 0.619. The van der Waals surface area contributed by atoms with Crippen LogP contribution in [0.25, 0.3) is 0 Å². The van der Waals surface area contributed by atoms with Crippen LogP contribution >= 0.6 is 0 Å². The van der Waals surface area contributed by atoms with Gasteiger partial charge in [-0.05, 0) is 56.2 Å². The second kappa shape index (κ2) is 7.89. The highest BCUT2D eigenvalue weighted by Gasteiger charge is 2.53. The zero-order valence-corrected chi connectivity index (χ0v) is 16.4. The van der Waals surface area contributed by atoms with Gasteiger partial charge in [-0.3, -0.25) is 0 Å². The third-order valence-corrected chi connectivity index (χ3v) is 6.13. The Kier molecular flexibility index (Phi) is 5.33. The molecular weight excluding hydrogens is 360 g/mol. The predicted octanol–water partition coefficient (Wildman–Crippen LogP) is 3.01. The van der Waals surface area contributed by atoms with Gasteiger partial charge in [0.05, 0.1) is 19.8 Å². The Morgan fingerprint density at radius 1 is 1.25 bits per heavy atom. The molecule has 7 nitrogen and oxygen atoms in total. The molecule has 2 heterocycles. The van der Waals surface area contributed by atoms with Crippen molar-refractivity contribution in [1.29, 1.82) is 0 Å². The van der Waals surface area contributed by atoms with Gasteiger partial charge in [-0.25, -0.2) is 9.59 Å². The predicted molar refractivity (Wildman–Crippen MR) is 102 cm³/mol. The molecule has 0 aromatic heterocycles. The third-order valence-electron chi connectivity index (χ3n) is 6.13. The van der Waals surface area contributed by atoms with Crippen LogP contribution in [0.4, 0.5) is 4.79 Å². The molecule has 1 aliphatic carbocycles. The van der Waals surface area contributed by atoms with Gasteiger partial charge < -0.3 is 24.4 Å². The second-order valence-corrected chi connectivity index (χ2v) is 7.84. The van der Waals surface area contributed by atoms with Crippen LogP contribution in [0.3, 0.4) is 0 Å². The van der Waals surface area contributed by atoms with Crippen molar-refractivity contribution < 1.29 is 23.8 Å². The van der Waals surface area contributed by atoms with E-state index in [1.165, 1.54) is 12.8 Å². The van der Waals surface area contributed by atoms with Gasteiger partial charge in [0.2, 0.25) is 0 Å². The average Bonchev–Trinajstić information content (AvgIpc) is 3.44. The summed E-state index contributed by atoms with van der Waals surface area (Å²) in [5, 5.41) is 2.95. The van der Waals surface area contributed by atoms with Crippen molar-refractivity contribution in [3.63, 3.8) is 0 Å². The van der Waals surface area contributed by atoms with Crippen LogP contribution in [0.2, 0.25) is 0 Å². The minimum atomic E-state index is -0.763. The lowest BCUT2D eigenvalue weighted by molar-refractivity contribution is -0.145. The Morgan fingerprint density at radius 2 is 2.07 bits per heavy atom. The van der Waals surface area contributed by atoms with Crippen LogP contribution in [0, 0.1) is 0 Å². The minimum Gasteiger partial charge on any atom is -0.493 e. The first-order chi connectivity index (χ1) is 13.6. The molecule has 0 bridgehead atoms. The van der Waals surface area contributed by atoms with Crippen LogP contribution in [0.15, 0.2) is 18.2 Å². The Balaban J connectivity index is 1.41. The lowest BCUT2D eigenvalue weighted by atomic mass is 9.95. The number of nitrogens with zero attached hydrogens (tertiary/aromatic N) is 1. The number of amides is 2. The summed E-state index contributed by atoms with van der Waals surface area (Å²) in [4.78, 5) is 26.6. The molecule has 1 saturated carbocycles. The van der Waals surface area contributed by atoms with E-state index in [1.807, 2.05) is 18.2 Å². The first kappa shape index (κ1) is 18.9. The number of carbonyl (C=O) groups is 2. The fourth-order valence-electron chi connectivity index (χ4n) is 4.58. The number of urea groups is 1. The Hall–Kier alpha value is -2.44. The van der Waals surface area contributed by atoms with Crippen molar-refractivity contribution >= 4 is 12.0 Å². The van der Waals surface area contributed by atoms with Gasteiger partial charge in [-0.1, -0.05) is 6.07 Å². The SMILES string of the molecule is COc1ccc(CNC(=O)N2CCCC23CCOC3=O)cc1OC1CCCC1. The van der Waals surface area contributed by atoms with Gasteiger partial charge in [0, 0.05) is 19.5 Å². The normalized spacial score (nSPS) is 24.6. The highest BCUT2D eigenvalue weighted by atomic mass is 16.5. The largest absolute Gasteiger partial charge is 0.493 e. The number of methoxy groups -OCH3 is 1. The number of hydrogen-bond acceptors (Lipinski definition) is 5. The number of benzene rings is 1. The van der Waals surface area contributed by atoms with Crippen molar-refractivity contribution in [2.75, 3.05) is 20.3 Å². The Bertz CT molecular complexity index is 742. The van der Waals surface area contributed by atoms with E-state index in [0.717, 1.165) is 30.6 Å². The van der Waals surface area contributed by atoms with Crippen LogP contribution in [0.5, 0.6) is 11.5 Å². The van der Waals surface area contributed by atoms with Crippen molar-refractivity contribution in [3.05, 3.63) is 23.8 Å². The van der Waals surface area contributed by atoms with Gasteiger partial charge in [0.25, 0.3) is 0 Å². The first-order valence-electron chi connectivity index (χ1n) is 10.2. The Morgan fingerprint density at radius 3 is 2.79 bits per heavy atom. The van der Waals surface area contributed by atoms with E-state index in [2.05, 4.69) is 5.32 Å². The van der Waals surface area contributed by atoms with Gasteiger partial charge in [0.1, 0.15) is 5.54 Å². The number of esters is 1. The van der Waals surface area contributed by atoms with E-state index >= 15 is 0 Å². The van der Waals surface area contributed by atoms with E-state index < -0.39 is 5.54 Å². The summed E-state index contributed by atoms with van der Waals surface area (Å²) in [6, 6.07) is 5.51. The van der Waals surface area contributed by atoms with Crippen LogP contribution in [-0.2, 0) is 16.1 Å². The van der Waals surface area contributed by atoms with Gasteiger partial charge in [-0.15, -0.1) is 0 Å². The molecule has 1 atom stereocenters. The molecule has 2 saturated heterocycles. The smallest absolute Gasteiger partial charge is 0.332 e. The summed E-state index contributed by atoms with van der Waals surface area (Å²) >= 11 is 0. The van der Waals surface area contributed by atoms with E-state index in [-0.39, 0.29) is 18.1 Å². The van der Waals surface area contributed by atoms with Gasteiger partial charge in [0.15, 0.2) is 11.5 Å². The lowest BCUT2D eigenvalue weighted by Gasteiger charge is -2.31. The van der Waals surface area contributed by atoms with E-state index in [9.17, 15) is 9.59 Å². The summed E-state index contributed by atoms with van der Waals surface area (Å²) in [6.45, 7) is 1.34. The molecule has 7 heteroatoms. The molecule has 2 amide bonds. The summed E-state index contributed by atoms with van der Waals surface area (Å²) in [5.74, 6) is 1.16. The summed E-state index contributed by atoms with van der Waals surface area (Å²) in [5.41, 5.74) is 0.171. The summed E-state index contributed by atoms with van der Waals surface area (Å²) in [6.07, 6.45) is 6.85. The Labute approximate surface area is 165 Å². The molecule has 1 aromatic rings. The maximum atomic E-state index is 12.8. The van der Waals surface area contributed by atoms with Crippen LogP contribution in [-0.4, -0.2) is 48.8 Å². The van der Waals surface area contributed by atoms with Gasteiger partial charge in [-0.2, -0.15) is 0 Å². The van der Waals surface area contributed by atoms with E-state index in [1.54, 1.807) is 12.0 Å². The standard InChI is InChI=1S/C21H28N2O5/c1-26-17-8-7-15(13-18(17)28-16-5-2-3-6-16)14-22-20(25)23-11-4-9-21(23)10-12-27-19(21)24/h7-8,13,16H,2-6,9-12,14H2,1H3,(H,22,25). The van der Waals surface area contributed by atoms with Crippen molar-refractivity contribution in [3.8, 4) is 11.5 Å². The summed E-state index contributed by atoms with van der Waals surface area (Å²) in [7, 11) is 1.63. The maximum absolute atomic E-state index is 12.8. The molecule has 1 spiro atoms. The third kappa shape index (κ3) is 3.50. The van der Waals surface area contributed by atoms with Crippen molar-refractivity contribution in [2.24, 2.45) is 0 Å². The molecule has 28 heavy (non-hydrogen) atoms. The second-order valence-electron chi connectivity index (χ2n) is 7.84. The number of ether oxygens (including phenoxy) is 3. The molecular formula is C21H28N2O5. The lowest BCUT2D eigenvalue weighted by Crippen LogP contribution is -2.53. The highest BCUT2D eigenvalue weighted by Crippen LogP contribution is 2.37. The molecule has 3 aliphatic rings. The zero-order chi connectivity index (χ0) is 19.6. The molecule has 4 rings (SSSR count). The molecule has 0 radical (unpaired) electrons. The van der Waals surface area contributed by atoms with Crippen LogP contribution in [0.1, 0.15) is 50.5 Å². The topological polar surface area (TPSA) is 77.1 Å². The number of hydrogen-bond donors (Lipinski definition) is 1. The van der Waals surface area contributed by atoms with E-state index in [4.69, 9.17) is 14.2 Å². The molecule has 3 fully saturated rings. The first-order valence-corrected chi connectivity index (χ1v) is 10.2. The maximum Gasteiger partial charge on any atom is 0.332 e. The molecule has 2 aliphatic heterocycles. The van der Waals surface area contributed by atoms with Gasteiger partial charge >= 0.3 is 12.0 Å². The monoisotopic (exact) mass is 388 g/mol. The number of rotatable bonds is 5. The van der Waals surface area contributed by atoms with Crippen molar-refractivity contribution in [1.82, 2.24) is 10.2 Å². The number of likely N-dealkylation sites (tertiary alicyclic amines) is 1. The minimum absolute atomic E-state index is 0.217. The molecule has 152 valence electrons. The van der Waals surface area contributed by atoms with Crippen LogP contribution < -0.4 is 14.8 Å². The number of cyclic esters (lactones) is 1. The molecule has 1 unspecified atom stereocenters. The van der Waals surface area contributed by atoms with Crippen molar-refractivity contribution in [2.45, 2.75) is 63.1 Å². The zero-order valence-electron chi connectivity index (χ0n) is 16.4. The fourth-order valence-corrected chi connectivity index (χ4v) is 4.58. The number of carbonyl (C=O) groups excluding carboxylic acids is 2. The molecule has 1 N–H and O–H groups in total.